The van der Waals surface area contributed by atoms with Crippen molar-refractivity contribution in [1.29, 1.82) is 0 Å². The second-order valence-electron chi connectivity index (χ2n) is 3.41. The maximum Gasteiger partial charge on any atom is 0.311 e. The normalized spacial score (nSPS) is 9.82. The van der Waals surface area contributed by atoms with Gasteiger partial charge in [0.15, 0.2) is 0 Å². The molecule has 1 N–H and O–H groups in total. The fourth-order valence-electron chi connectivity index (χ4n) is 1.06. The van der Waals surface area contributed by atoms with Gasteiger partial charge < -0.3 is 10.2 Å². The van der Waals surface area contributed by atoms with Gasteiger partial charge in [-0.15, -0.1) is 0 Å². The lowest BCUT2D eigenvalue weighted by atomic mass is 10.3. The summed E-state index contributed by atoms with van der Waals surface area (Å²) in [5.41, 5.74) is 0.0751. The minimum absolute atomic E-state index is 0.0174. The van der Waals surface area contributed by atoms with Gasteiger partial charge in [-0.2, -0.15) is 0 Å². The molecule has 1 aromatic heterocycles. The number of likely N-dealkylation sites (N-methyl/N-ethyl adjacent to an activating group) is 1. The Hall–Kier alpha value is -1.70. The number of rotatable bonds is 4. The van der Waals surface area contributed by atoms with E-state index in [4.69, 9.17) is 0 Å². The highest BCUT2D eigenvalue weighted by molar-refractivity contribution is 9.10. The number of amides is 1. The summed E-state index contributed by atoms with van der Waals surface area (Å²) in [6.45, 7) is -0.0174. The summed E-state index contributed by atoms with van der Waals surface area (Å²) in [6.07, 6.45) is 2.56. The van der Waals surface area contributed by atoms with Crippen molar-refractivity contribution in [2.45, 2.75) is 0 Å². The molecule has 0 spiro atoms. The van der Waals surface area contributed by atoms with E-state index < -0.39 is 4.92 Å². The first-order valence-corrected chi connectivity index (χ1v) is 5.44. The summed E-state index contributed by atoms with van der Waals surface area (Å²) >= 11 is 3.15. The monoisotopic (exact) mass is 302 g/mol. The van der Waals surface area contributed by atoms with Crippen LogP contribution < -0.4 is 5.32 Å². The standard InChI is InChI=1S/C9H11BrN4O3/c1-13(2)8(15)5-12-9-6(10)3-11-4-7(9)14(16)17/h3-4H,5H2,1-2H3,(H,11,12). The molecule has 0 saturated heterocycles. The van der Waals surface area contributed by atoms with Gasteiger partial charge in [0.05, 0.1) is 15.9 Å². The highest BCUT2D eigenvalue weighted by atomic mass is 79.9. The van der Waals surface area contributed by atoms with Gasteiger partial charge in [0.2, 0.25) is 5.91 Å². The van der Waals surface area contributed by atoms with Crippen LogP contribution in [0.2, 0.25) is 0 Å². The van der Waals surface area contributed by atoms with Crippen molar-refractivity contribution in [3.63, 3.8) is 0 Å². The number of pyridine rings is 1. The zero-order valence-corrected chi connectivity index (χ0v) is 10.9. The molecule has 0 saturated carbocycles. The summed E-state index contributed by atoms with van der Waals surface area (Å²) in [5, 5.41) is 13.5. The predicted octanol–water partition coefficient (Wildman–Crippen LogP) is 1.25. The molecule has 1 heterocycles. The molecule has 0 aliphatic carbocycles. The van der Waals surface area contributed by atoms with Crippen molar-refractivity contribution in [3.05, 3.63) is 27.0 Å². The van der Waals surface area contributed by atoms with Gasteiger partial charge >= 0.3 is 5.69 Å². The second-order valence-corrected chi connectivity index (χ2v) is 4.27. The van der Waals surface area contributed by atoms with Crippen LogP contribution in [0.15, 0.2) is 16.9 Å². The van der Waals surface area contributed by atoms with Crippen LogP contribution in [0.4, 0.5) is 11.4 Å². The third-order valence-corrected chi connectivity index (χ3v) is 2.59. The van der Waals surface area contributed by atoms with E-state index in [-0.39, 0.29) is 23.8 Å². The Bertz CT molecular complexity index is 450. The van der Waals surface area contributed by atoms with Gasteiger partial charge in [-0.1, -0.05) is 0 Å². The van der Waals surface area contributed by atoms with Crippen molar-refractivity contribution in [2.75, 3.05) is 26.0 Å². The van der Waals surface area contributed by atoms with Crippen LogP contribution in [-0.4, -0.2) is 41.4 Å². The minimum atomic E-state index is -0.555. The Morgan fingerprint density at radius 3 is 2.76 bits per heavy atom. The molecule has 0 aliphatic heterocycles. The average Bonchev–Trinajstić information content (AvgIpc) is 2.26. The van der Waals surface area contributed by atoms with Crippen LogP contribution >= 0.6 is 15.9 Å². The van der Waals surface area contributed by atoms with Gasteiger partial charge in [0, 0.05) is 20.3 Å². The molecule has 0 aromatic carbocycles. The van der Waals surface area contributed by atoms with Crippen LogP contribution in [0.3, 0.4) is 0 Å². The molecule has 0 bridgehead atoms. The van der Waals surface area contributed by atoms with Crippen LogP contribution in [0, 0.1) is 10.1 Å². The molecule has 1 rings (SSSR count). The van der Waals surface area contributed by atoms with E-state index in [2.05, 4.69) is 26.2 Å². The Kier molecular flexibility index (Phi) is 4.38. The van der Waals surface area contributed by atoms with Crippen LogP contribution in [0.5, 0.6) is 0 Å². The van der Waals surface area contributed by atoms with E-state index >= 15 is 0 Å². The zero-order chi connectivity index (χ0) is 13.0. The van der Waals surface area contributed by atoms with Crippen molar-refractivity contribution in [2.24, 2.45) is 0 Å². The Balaban J connectivity index is 2.90. The third kappa shape index (κ3) is 3.38. The highest BCUT2D eigenvalue weighted by Gasteiger charge is 2.18. The number of nitrogens with one attached hydrogen (secondary N) is 1. The molecular weight excluding hydrogens is 292 g/mol. The Morgan fingerprint density at radius 1 is 1.59 bits per heavy atom. The molecule has 0 aliphatic rings. The van der Waals surface area contributed by atoms with Crippen molar-refractivity contribution >= 4 is 33.2 Å². The van der Waals surface area contributed by atoms with Gasteiger partial charge in [0.1, 0.15) is 11.9 Å². The fraction of sp³-hybridized carbons (Fsp3) is 0.333. The molecule has 0 radical (unpaired) electrons. The van der Waals surface area contributed by atoms with E-state index in [0.717, 1.165) is 6.20 Å². The molecule has 1 aromatic rings. The number of anilines is 1. The lowest BCUT2D eigenvalue weighted by molar-refractivity contribution is -0.384. The molecule has 0 fully saturated rings. The lowest BCUT2D eigenvalue weighted by Gasteiger charge is -2.12. The number of halogens is 1. The fourth-order valence-corrected chi connectivity index (χ4v) is 1.52. The summed E-state index contributed by atoms with van der Waals surface area (Å²) in [4.78, 5) is 26.7. The quantitative estimate of drug-likeness (QED) is 0.668. The van der Waals surface area contributed by atoms with E-state index in [9.17, 15) is 14.9 Å². The van der Waals surface area contributed by atoms with Gasteiger partial charge in [-0.3, -0.25) is 19.9 Å². The van der Waals surface area contributed by atoms with Crippen LogP contribution in [0.1, 0.15) is 0 Å². The molecule has 7 nitrogen and oxygen atoms in total. The SMILES string of the molecule is CN(C)C(=O)CNc1c(Br)cncc1[N+](=O)[O-]. The smallest absolute Gasteiger partial charge is 0.311 e. The molecule has 1 amide bonds. The lowest BCUT2D eigenvalue weighted by Crippen LogP contribution is -2.28. The summed E-state index contributed by atoms with van der Waals surface area (Å²) in [7, 11) is 3.22. The average molecular weight is 303 g/mol. The Morgan fingerprint density at radius 2 is 2.24 bits per heavy atom. The molecule has 17 heavy (non-hydrogen) atoms. The highest BCUT2D eigenvalue weighted by Crippen LogP contribution is 2.30. The van der Waals surface area contributed by atoms with Crippen molar-refractivity contribution in [1.82, 2.24) is 9.88 Å². The molecule has 0 atom stereocenters. The number of carbonyl (C=O) groups excluding carboxylic acids is 1. The van der Waals surface area contributed by atoms with Gasteiger partial charge in [-0.05, 0) is 15.9 Å². The first-order valence-electron chi connectivity index (χ1n) is 4.65. The Labute approximate surface area is 106 Å². The molecular formula is C9H11BrN4O3. The number of aromatic nitrogens is 1. The van der Waals surface area contributed by atoms with Crippen molar-refractivity contribution < 1.29 is 9.72 Å². The van der Waals surface area contributed by atoms with E-state index in [0.29, 0.717) is 4.47 Å². The van der Waals surface area contributed by atoms with Crippen LogP contribution in [-0.2, 0) is 4.79 Å². The molecule has 0 unspecified atom stereocenters. The second kappa shape index (κ2) is 5.58. The maximum absolute atomic E-state index is 11.4. The minimum Gasteiger partial charge on any atom is -0.370 e. The first kappa shape index (κ1) is 13.4. The third-order valence-electron chi connectivity index (χ3n) is 1.99. The largest absolute Gasteiger partial charge is 0.370 e. The van der Waals surface area contributed by atoms with Gasteiger partial charge in [0.25, 0.3) is 0 Å². The van der Waals surface area contributed by atoms with Crippen LogP contribution in [0.25, 0.3) is 0 Å². The van der Waals surface area contributed by atoms with E-state index in [1.54, 1.807) is 14.1 Å². The maximum atomic E-state index is 11.4. The summed E-state index contributed by atoms with van der Waals surface area (Å²) in [6, 6.07) is 0. The predicted molar refractivity (Wildman–Crippen MR) is 65.8 cm³/mol. The number of nitro groups is 1. The number of nitrogens with zero attached hydrogens (tertiary/aromatic N) is 3. The number of hydrogen-bond donors (Lipinski definition) is 1. The molecule has 8 heteroatoms. The van der Waals surface area contributed by atoms with Gasteiger partial charge in [-0.25, -0.2) is 0 Å². The summed E-state index contributed by atoms with van der Waals surface area (Å²) in [5.74, 6) is -0.178. The van der Waals surface area contributed by atoms with E-state index in [1.807, 2.05) is 0 Å². The first-order chi connectivity index (χ1) is 7.93. The molecule has 92 valence electrons. The summed E-state index contributed by atoms with van der Waals surface area (Å²) < 4.78 is 0.443. The zero-order valence-electron chi connectivity index (χ0n) is 9.31. The van der Waals surface area contributed by atoms with Crippen molar-refractivity contribution in [3.8, 4) is 0 Å². The topological polar surface area (TPSA) is 88.4 Å². The number of carbonyl (C=O) groups is 1. The van der Waals surface area contributed by atoms with E-state index in [1.165, 1.54) is 11.1 Å². The number of hydrogen-bond acceptors (Lipinski definition) is 5.